The van der Waals surface area contributed by atoms with Crippen LogP contribution < -0.4 is 4.89 Å². The van der Waals surface area contributed by atoms with Gasteiger partial charge in [-0.25, -0.2) is 0 Å². The van der Waals surface area contributed by atoms with Gasteiger partial charge >= 0.3 is 5.97 Å². The topological polar surface area (TPSA) is 94.1 Å². The van der Waals surface area contributed by atoms with Gasteiger partial charge in [0.05, 0.1) is 41.0 Å². The number of hydrogen-bond donors (Lipinski definition) is 0. The van der Waals surface area contributed by atoms with E-state index in [1.165, 1.54) is 0 Å². The average molecular weight is 840 g/mol. The summed E-state index contributed by atoms with van der Waals surface area (Å²) in [5, 5.41) is 0. The third-order valence-electron chi connectivity index (χ3n) is 8.53. The largest absolute Gasteiger partial charge is 0.756 e. The Bertz CT molecular complexity index is 1350. The number of quaternary nitrogens is 1. The first-order valence-electron chi connectivity index (χ1n) is 22.3. The van der Waals surface area contributed by atoms with Crippen LogP contribution >= 0.6 is 7.82 Å². The molecule has 0 amide bonds. The molecule has 0 radical (unpaired) electrons. The van der Waals surface area contributed by atoms with Crippen molar-refractivity contribution in [3.8, 4) is 0 Å². The number of phosphoric acid groups is 1. The number of allylic oxidation sites excluding steroid dienone is 19. The van der Waals surface area contributed by atoms with Gasteiger partial charge in [-0.3, -0.25) is 9.36 Å². The van der Waals surface area contributed by atoms with Crippen LogP contribution in [-0.2, 0) is 27.9 Å². The first-order valence-corrected chi connectivity index (χ1v) is 23.7. The van der Waals surface area contributed by atoms with E-state index in [4.69, 9.17) is 18.5 Å². The van der Waals surface area contributed by atoms with Gasteiger partial charge in [-0.1, -0.05) is 155 Å². The van der Waals surface area contributed by atoms with E-state index in [2.05, 4.69) is 129 Å². The van der Waals surface area contributed by atoms with Crippen LogP contribution in [0.25, 0.3) is 0 Å². The van der Waals surface area contributed by atoms with Crippen molar-refractivity contribution in [2.24, 2.45) is 0 Å². The molecule has 2 unspecified atom stereocenters. The molecule has 0 bridgehead atoms. The van der Waals surface area contributed by atoms with Crippen LogP contribution in [0.4, 0.5) is 0 Å². The highest BCUT2D eigenvalue weighted by atomic mass is 31.2. The van der Waals surface area contributed by atoms with Crippen molar-refractivity contribution in [3.05, 3.63) is 122 Å². The molecule has 334 valence electrons. The predicted octanol–water partition coefficient (Wildman–Crippen LogP) is 12.7. The van der Waals surface area contributed by atoms with Crippen LogP contribution in [0, 0.1) is 0 Å². The molecule has 0 saturated carbocycles. The number of hydrogen-bond acceptors (Lipinski definition) is 7. The molecule has 0 aromatic heterocycles. The highest BCUT2D eigenvalue weighted by Crippen LogP contribution is 2.38. The van der Waals surface area contributed by atoms with Crippen molar-refractivity contribution in [2.45, 2.75) is 136 Å². The molecule has 0 heterocycles. The maximum Gasteiger partial charge on any atom is 0.306 e. The highest BCUT2D eigenvalue weighted by molar-refractivity contribution is 7.45. The maximum absolute atomic E-state index is 12.7. The number of carbonyl (C=O) groups excluding carboxylic acids is 1. The fourth-order valence-electron chi connectivity index (χ4n) is 5.16. The Hall–Kier alpha value is -3.10. The Labute approximate surface area is 361 Å². The van der Waals surface area contributed by atoms with E-state index < -0.39 is 13.9 Å². The second kappa shape index (κ2) is 41.6. The Morgan fingerprint density at radius 1 is 0.525 bits per heavy atom. The van der Waals surface area contributed by atoms with E-state index in [-0.39, 0.29) is 32.2 Å². The van der Waals surface area contributed by atoms with Gasteiger partial charge in [-0.15, -0.1) is 0 Å². The summed E-state index contributed by atoms with van der Waals surface area (Å²) in [5.74, 6) is -0.384. The highest BCUT2D eigenvalue weighted by Gasteiger charge is 2.20. The molecule has 2 atom stereocenters. The molecule has 0 N–H and O–H groups in total. The van der Waals surface area contributed by atoms with Gasteiger partial charge in [0, 0.05) is 6.42 Å². The minimum absolute atomic E-state index is 0.000792. The van der Waals surface area contributed by atoms with E-state index in [1.54, 1.807) is 0 Å². The lowest BCUT2D eigenvalue weighted by atomic mass is 10.1. The zero-order valence-corrected chi connectivity index (χ0v) is 38.5. The standard InChI is InChI=1S/C50H82NO7P/c1-6-8-10-12-14-16-18-20-22-24-25-26-27-28-29-31-33-35-37-39-41-43-50(52)58-49(48-57-59(53,54)56-46-44-51(3,4)5)47-55-45-42-40-38-36-34-32-30-23-21-19-17-15-13-11-9-7-2/h8-11,14-17,20-23,25-26,28-29,32,34,38,40,49H,6-7,12-13,18-19,24,27,30-31,33,35-37,39,41-48H2,1-5H3/b10-8-,11-9-,16-14-,17-15-,22-20-,23-21-,26-25-,29-28-,34-32-,40-38-. The molecule has 0 aromatic rings. The molecule has 8 nitrogen and oxygen atoms in total. The summed E-state index contributed by atoms with van der Waals surface area (Å²) in [6.45, 7) is 4.88. The first kappa shape index (κ1) is 55.9. The third-order valence-corrected chi connectivity index (χ3v) is 9.49. The summed E-state index contributed by atoms with van der Waals surface area (Å²) in [6, 6.07) is 0. The summed E-state index contributed by atoms with van der Waals surface area (Å²) in [4.78, 5) is 25.1. The van der Waals surface area contributed by atoms with E-state index in [0.29, 0.717) is 30.5 Å². The molecule has 0 spiro atoms. The van der Waals surface area contributed by atoms with Crippen LogP contribution in [0.15, 0.2) is 122 Å². The van der Waals surface area contributed by atoms with Gasteiger partial charge in [0.15, 0.2) is 0 Å². The quantitative estimate of drug-likeness (QED) is 0.0200. The summed E-state index contributed by atoms with van der Waals surface area (Å²) in [7, 11) is 1.27. The zero-order chi connectivity index (χ0) is 43.4. The van der Waals surface area contributed by atoms with Crippen molar-refractivity contribution in [1.82, 2.24) is 0 Å². The van der Waals surface area contributed by atoms with Crippen molar-refractivity contribution < 1.29 is 37.3 Å². The summed E-state index contributed by atoms with van der Waals surface area (Å²) in [5.41, 5.74) is 0. The summed E-state index contributed by atoms with van der Waals surface area (Å²) >= 11 is 0. The van der Waals surface area contributed by atoms with Gasteiger partial charge in [-0.05, 0) is 89.9 Å². The Kier molecular flexibility index (Phi) is 39.4. The number of carbonyl (C=O) groups is 1. The Morgan fingerprint density at radius 2 is 0.932 bits per heavy atom. The zero-order valence-electron chi connectivity index (χ0n) is 37.6. The second-order valence-corrected chi connectivity index (χ2v) is 16.7. The lowest BCUT2D eigenvalue weighted by Crippen LogP contribution is -2.37. The summed E-state index contributed by atoms with van der Waals surface area (Å²) in [6.07, 6.45) is 59.5. The molecule has 0 aliphatic carbocycles. The minimum atomic E-state index is -4.56. The smallest absolute Gasteiger partial charge is 0.306 e. The second-order valence-electron chi connectivity index (χ2n) is 15.3. The number of esters is 1. The first-order chi connectivity index (χ1) is 28.6. The molecular formula is C50H82NO7P. The predicted molar refractivity (Wildman–Crippen MR) is 249 cm³/mol. The van der Waals surface area contributed by atoms with Gasteiger partial charge in [0.25, 0.3) is 7.82 Å². The molecule has 0 fully saturated rings. The van der Waals surface area contributed by atoms with Gasteiger partial charge in [-0.2, -0.15) is 0 Å². The fourth-order valence-corrected chi connectivity index (χ4v) is 5.89. The van der Waals surface area contributed by atoms with E-state index in [0.717, 1.165) is 96.3 Å². The number of nitrogens with zero attached hydrogens (tertiary/aromatic N) is 1. The van der Waals surface area contributed by atoms with Crippen molar-refractivity contribution in [3.63, 3.8) is 0 Å². The van der Waals surface area contributed by atoms with Crippen molar-refractivity contribution >= 4 is 13.8 Å². The van der Waals surface area contributed by atoms with Crippen LogP contribution in [0.3, 0.4) is 0 Å². The maximum atomic E-state index is 12.7. The third kappa shape index (κ3) is 45.8. The van der Waals surface area contributed by atoms with Crippen LogP contribution in [0.2, 0.25) is 0 Å². The number of rotatable bonds is 39. The molecule has 0 saturated heterocycles. The molecule has 9 heteroatoms. The number of phosphoric ester groups is 1. The normalized spacial score (nSPS) is 14.9. The van der Waals surface area contributed by atoms with Gasteiger partial charge in [0.1, 0.15) is 19.3 Å². The van der Waals surface area contributed by atoms with Crippen molar-refractivity contribution in [2.75, 3.05) is 54.1 Å². The molecular weight excluding hydrogens is 758 g/mol. The van der Waals surface area contributed by atoms with Crippen molar-refractivity contribution in [1.29, 1.82) is 0 Å². The molecule has 0 aliphatic heterocycles. The fraction of sp³-hybridized carbons (Fsp3) is 0.580. The van der Waals surface area contributed by atoms with Crippen LogP contribution in [0.5, 0.6) is 0 Å². The molecule has 0 aromatic carbocycles. The molecule has 0 rings (SSSR count). The molecule has 59 heavy (non-hydrogen) atoms. The lowest BCUT2D eigenvalue weighted by molar-refractivity contribution is -0.870. The number of likely N-dealkylation sites (N-methyl/N-ethyl adjacent to an activating group) is 1. The minimum Gasteiger partial charge on any atom is -0.756 e. The van der Waals surface area contributed by atoms with E-state index in [9.17, 15) is 14.3 Å². The Morgan fingerprint density at radius 3 is 1.39 bits per heavy atom. The molecule has 0 aliphatic rings. The van der Waals surface area contributed by atoms with E-state index in [1.807, 2.05) is 27.2 Å². The lowest BCUT2D eigenvalue weighted by Gasteiger charge is -2.28. The van der Waals surface area contributed by atoms with Gasteiger partial charge < -0.3 is 27.9 Å². The SMILES string of the molecule is CC/C=C\C/C=C\C/C=C\C/C=C\C/C=C\CCCCCCCC(=O)OC(COCC/C=C\C/C=C\C/C=C\C/C=C\C/C=C\CC)COP(=O)([O-])OCC[N+](C)(C)C. The average Bonchev–Trinajstić information content (AvgIpc) is 3.19. The van der Waals surface area contributed by atoms with E-state index >= 15 is 0 Å². The monoisotopic (exact) mass is 840 g/mol. The van der Waals surface area contributed by atoms with Crippen LogP contribution in [-0.4, -0.2) is 70.7 Å². The van der Waals surface area contributed by atoms with Gasteiger partial charge in [0.2, 0.25) is 0 Å². The number of ether oxygens (including phenoxy) is 2. The van der Waals surface area contributed by atoms with Crippen LogP contribution in [0.1, 0.15) is 129 Å². The Balaban J connectivity index is 4.41. The number of unbranched alkanes of at least 4 members (excludes halogenated alkanes) is 5. The summed E-state index contributed by atoms with van der Waals surface area (Å²) < 4.78 is 34.4.